The van der Waals surface area contributed by atoms with Crippen LogP contribution in [0.15, 0.2) is 144 Å². The lowest BCUT2D eigenvalue weighted by molar-refractivity contribution is 0.330. The minimum absolute atomic E-state index is 0.375. The summed E-state index contributed by atoms with van der Waals surface area (Å²) in [4.78, 5) is 0. The van der Waals surface area contributed by atoms with Crippen LogP contribution in [0.3, 0.4) is 0 Å². The molecule has 1 aliphatic rings. The molecule has 44 heavy (non-hydrogen) atoms. The van der Waals surface area contributed by atoms with Gasteiger partial charge in [-0.25, -0.2) is 0 Å². The van der Waals surface area contributed by atoms with Crippen molar-refractivity contribution in [2.75, 3.05) is 26.4 Å². The van der Waals surface area contributed by atoms with Crippen LogP contribution >= 0.6 is 0 Å². The zero-order chi connectivity index (χ0) is 30.7. The summed E-state index contributed by atoms with van der Waals surface area (Å²) in [6, 6.07) is 32.5. The molecule has 4 nitrogen and oxygen atoms in total. The van der Waals surface area contributed by atoms with Gasteiger partial charge in [0.25, 0.3) is 0 Å². The Morgan fingerprint density at radius 1 is 0.341 bits per heavy atom. The number of rotatable bonds is 12. The predicted octanol–water partition coefficient (Wildman–Crippen LogP) is 9.26. The van der Waals surface area contributed by atoms with Crippen molar-refractivity contribution in [1.29, 1.82) is 0 Å². The Hall–Kier alpha value is -4.96. The van der Waals surface area contributed by atoms with E-state index >= 15 is 0 Å². The Balaban J connectivity index is 1.44. The lowest BCUT2D eigenvalue weighted by atomic mass is 9.98. The van der Waals surface area contributed by atoms with Crippen LogP contribution in [0.1, 0.15) is 22.3 Å². The summed E-state index contributed by atoms with van der Waals surface area (Å²) in [6.45, 7) is 9.85. The zero-order valence-electron chi connectivity index (χ0n) is 26.0. The smallest absolute Gasteiger partial charge is 0.119 e. The molecule has 4 aromatic carbocycles. The fourth-order valence-electron chi connectivity index (χ4n) is 4.59. The van der Waals surface area contributed by atoms with E-state index in [4.69, 9.17) is 18.9 Å². The second-order valence-electron chi connectivity index (χ2n) is 11.2. The molecule has 0 aliphatic heterocycles. The molecule has 0 unspecified atom stereocenters. The number of aryl methyl sites for hydroxylation is 4. The lowest BCUT2D eigenvalue weighted by Crippen LogP contribution is -2.14. The maximum atomic E-state index is 6.31. The van der Waals surface area contributed by atoms with E-state index in [2.05, 4.69) is 101 Å². The molecule has 0 bridgehead atoms. The third-order valence-electron chi connectivity index (χ3n) is 7.33. The van der Waals surface area contributed by atoms with Gasteiger partial charge in [0, 0.05) is 0 Å². The van der Waals surface area contributed by atoms with Gasteiger partial charge < -0.3 is 18.9 Å². The van der Waals surface area contributed by atoms with Crippen LogP contribution in [0, 0.1) is 27.7 Å². The van der Waals surface area contributed by atoms with Gasteiger partial charge in [0.05, 0.1) is 0 Å². The van der Waals surface area contributed by atoms with E-state index in [0.29, 0.717) is 26.4 Å². The van der Waals surface area contributed by atoms with Crippen molar-refractivity contribution in [1.82, 2.24) is 0 Å². The minimum Gasteiger partial charge on any atom is -0.489 e. The molecule has 224 valence electrons. The van der Waals surface area contributed by atoms with E-state index in [1.54, 1.807) is 0 Å². The summed E-state index contributed by atoms with van der Waals surface area (Å²) >= 11 is 0. The number of allylic oxidation sites excluding steroid dienone is 2. The summed E-state index contributed by atoms with van der Waals surface area (Å²) in [5.41, 5.74) is 8.83. The van der Waals surface area contributed by atoms with Gasteiger partial charge in [0.15, 0.2) is 0 Å². The van der Waals surface area contributed by atoms with Gasteiger partial charge in [-0.3, -0.25) is 0 Å². The first-order valence-electron chi connectivity index (χ1n) is 15.0. The standard InChI is InChI=1S/C40H40O4/c1-29-5-15-37(16-6-29)41-25-33-13-14-34(26-42-38-17-7-30(2)8-18-38)24-36(28-44-40-21-11-32(4)12-22-40)35(23-33)27-43-39-19-9-31(3)10-20-39/h5-24H,25-28H2,1-4H3/b14-13?,33-13+,33-23?,34-14+,34-24?,35-23-,36-24-,36-35?. The van der Waals surface area contributed by atoms with E-state index in [1.165, 1.54) is 22.3 Å². The molecular formula is C40H40O4. The van der Waals surface area contributed by atoms with Crippen LogP contribution in [-0.4, -0.2) is 26.4 Å². The Morgan fingerprint density at radius 2 is 0.591 bits per heavy atom. The zero-order valence-corrected chi connectivity index (χ0v) is 26.0. The van der Waals surface area contributed by atoms with Crippen molar-refractivity contribution in [3.8, 4) is 23.0 Å². The van der Waals surface area contributed by atoms with E-state index in [9.17, 15) is 0 Å². The first-order valence-corrected chi connectivity index (χ1v) is 15.0. The number of hydrogen-bond acceptors (Lipinski definition) is 4. The van der Waals surface area contributed by atoms with Crippen LogP contribution in [0.5, 0.6) is 23.0 Å². The quantitative estimate of drug-likeness (QED) is 0.166. The molecule has 4 heteroatoms. The fourth-order valence-corrected chi connectivity index (χ4v) is 4.59. The molecule has 0 fully saturated rings. The summed E-state index contributed by atoms with van der Waals surface area (Å²) in [5.74, 6) is 3.29. The summed E-state index contributed by atoms with van der Waals surface area (Å²) < 4.78 is 25.0. The van der Waals surface area contributed by atoms with Gasteiger partial charge >= 0.3 is 0 Å². The predicted molar refractivity (Wildman–Crippen MR) is 179 cm³/mol. The molecule has 0 heterocycles. The fraction of sp³-hybridized carbons (Fsp3) is 0.200. The van der Waals surface area contributed by atoms with E-state index in [1.807, 2.05) is 48.5 Å². The van der Waals surface area contributed by atoms with Crippen molar-refractivity contribution < 1.29 is 18.9 Å². The SMILES string of the molecule is Cc1ccc(OCC2=C/C=C(COc3ccc(C)cc3)\C=C(COc3ccc(C)cc3)/C(COc3ccc(C)cc3)=C\2)cc1. The summed E-state index contributed by atoms with van der Waals surface area (Å²) in [5, 5.41) is 0. The van der Waals surface area contributed by atoms with Crippen LogP contribution in [0.4, 0.5) is 0 Å². The monoisotopic (exact) mass is 584 g/mol. The first kappa shape index (κ1) is 30.5. The normalized spacial score (nSPS) is 17.7. The highest BCUT2D eigenvalue weighted by Gasteiger charge is 2.14. The second-order valence-corrected chi connectivity index (χ2v) is 11.2. The minimum atomic E-state index is 0.375. The van der Waals surface area contributed by atoms with Crippen LogP contribution in [0.25, 0.3) is 0 Å². The molecular weight excluding hydrogens is 544 g/mol. The van der Waals surface area contributed by atoms with Crippen molar-refractivity contribution in [3.05, 3.63) is 166 Å². The molecule has 0 amide bonds. The highest BCUT2D eigenvalue weighted by atomic mass is 16.5. The topological polar surface area (TPSA) is 36.9 Å². The maximum absolute atomic E-state index is 6.31. The third kappa shape index (κ3) is 9.27. The van der Waals surface area contributed by atoms with Crippen LogP contribution < -0.4 is 18.9 Å². The van der Waals surface area contributed by atoms with Gasteiger partial charge in [-0.2, -0.15) is 0 Å². The molecule has 0 saturated heterocycles. The van der Waals surface area contributed by atoms with Gasteiger partial charge in [-0.1, -0.05) is 82.9 Å². The number of ether oxygens (including phenoxy) is 4. The molecule has 0 atom stereocenters. The Kier molecular flexibility index (Phi) is 10.4. The summed E-state index contributed by atoms with van der Waals surface area (Å²) in [7, 11) is 0. The van der Waals surface area contributed by atoms with Crippen molar-refractivity contribution in [2.45, 2.75) is 27.7 Å². The van der Waals surface area contributed by atoms with Gasteiger partial charge in [0.2, 0.25) is 0 Å². The summed E-state index contributed by atoms with van der Waals surface area (Å²) in [6.07, 6.45) is 8.51. The molecule has 0 N–H and O–H groups in total. The third-order valence-corrected chi connectivity index (χ3v) is 7.33. The molecule has 1 aliphatic carbocycles. The molecule has 0 radical (unpaired) electrons. The molecule has 0 spiro atoms. The Morgan fingerprint density at radius 3 is 0.864 bits per heavy atom. The highest BCUT2D eigenvalue weighted by Crippen LogP contribution is 2.25. The average Bonchev–Trinajstić information content (AvgIpc) is 3.02. The van der Waals surface area contributed by atoms with Crippen molar-refractivity contribution in [3.63, 3.8) is 0 Å². The van der Waals surface area contributed by atoms with Crippen LogP contribution in [0.2, 0.25) is 0 Å². The largest absolute Gasteiger partial charge is 0.489 e. The number of hydrogen-bond donors (Lipinski definition) is 0. The van der Waals surface area contributed by atoms with Gasteiger partial charge in [0.1, 0.15) is 49.4 Å². The van der Waals surface area contributed by atoms with E-state index < -0.39 is 0 Å². The Bertz CT molecular complexity index is 1510. The first-order chi connectivity index (χ1) is 21.4. The Labute approximate surface area is 261 Å². The molecule has 4 aromatic rings. The molecule has 0 saturated carbocycles. The average molecular weight is 585 g/mol. The van der Waals surface area contributed by atoms with Gasteiger partial charge in [-0.15, -0.1) is 0 Å². The lowest BCUT2D eigenvalue weighted by Gasteiger charge is -2.19. The van der Waals surface area contributed by atoms with E-state index in [-0.39, 0.29) is 0 Å². The molecule has 0 aromatic heterocycles. The van der Waals surface area contributed by atoms with Gasteiger partial charge in [-0.05, 0) is 111 Å². The van der Waals surface area contributed by atoms with Crippen LogP contribution in [-0.2, 0) is 0 Å². The maximum Gasteiger partial charge on any atom is 0.119 e. The number of benzene rings is 4. The molecule has 5 rings (SSSR count). The second kappa shape index (κ2) is 15.0. The van der Waals surface area contributed by atoms with Crippen molar-refractivity contribution >= 4 is 0 Å². The van der Waals surface area contributed by atoms with Crippen molar-refractivity contribution in [2.24, 2.45) is 0 Å². The highest BCUT2D eigenvalue weighted by molar-refractivity contribution is 5.48. The van der Waals surface area contributed by atoms with E-state index in [0.717, 1.165) is 45.3 Å².